The Morgan fingerprint density at radius 2 is 1.42 bits per heavy atom. The van der Waals surface area contributed by atoms with Gasteiger partial charge < -0.3 is 0 Å². The summed E-state index contributed by atoms with van der Waals surface area (Å²) < 4.78 is 0. The van der Waals surface area contributed by atoms with Crippen LogP contribution in [0, 0.1) is 0 Å². The van der Waals surface area contributed by atoms with Gasteiger partial charge in [0.15, 0.2) is 11.6 Å². The molecule has 1 rings (SSSR count). The third kappa shape index (κ3) is 2.23. The van der Waals surface area contributed by atoms with Gasteiger partial charge in [-0.25, -0.2) is 20.0 Å². The summed E-state index contributed by atoms with van der Waals surface area (Å²) in [7, 11) is 0. The fourth-order valence-corrected chi connectivity index (χ4v) is 0.712. The summed E-state index contributed by atoms with van der Waals surface area (Å²) in [4.78, 5) is 15.9. The van der Waals surface area contributed by atoms with Crippen molar-refractivity contribution in [3.05, 3.63) is 12.4 Å². The third-order valence-corrected chi connectivity index (χ3v) is 1.15. The summed E-state index contributed by atoms with van der Waals surface area (Å²) in [6, 6.07) is 0. The van der Waals surface area contributed by atoms with E-state index in [0.717, 1.165) is 0 Å². The molecular formula is C8H10N4. The van der Waals surface area contributed by atoms with Crippen LogP contribution < -0.4 is 0 Å². The Labute approximate surface area is 71.1 Å². The summed E-state index contributed by atoms with van der Waals surface area (Å²) in [6.07, 6.45) is 6.52. The molecule has 0 spiro atoms. The highest BCUT2D eigenvalue weighted by Crippen LogP contribution is 2.09. The minimum Gasteiger partial charge on any atom is -0.241 e. The standard InChI is InChI=1S/C8H10N4/c1-3-9-7-5-12-8(6-11-7)10-4-2/h3-6H,1-2H3. The van der Waals surface area contributed by atoms with E-state index in [-0.39, 0.29) is 0 Å². The second kappa shape index (κ2) is 4.33. The first-order valence-corrected chi connectivity index (χ1v) is 3.66. The number of aliphatic imine (C=N–C) groups is 2. The van der Waals surface area contributed by atoms with Crippen LogP contribution in [0.2, 0.25) is 0 Å². The average molecular weight is 162 g/mol. The minimum absolute atomic E-state index is 0.604. The zero-order valence-electron chi connectivity index (χ0n) is 7.10. The molecule has 0 saturated carbocycles. The number of rotatable bonds is 2. The van der Waals surface area contributed by atoms with Crippen molar-refractivity contribution in [2.24, 2.45) is 9.98 Å². The maximum atomic E-state index is 4.01. The van der Waals surface area contributed by atoms with Gasteiger partial charge in [-0.15, -0.1) is 0 Å². The van der Waals surface area contributed by atoms with Crippen molar-refractivity contribution in [3.8, 4) is 0 Å². The van der Waals surface area contributed by atoms with E-state index in [1.54, 1.807) is 24.8 Å². The largest absolute Gasteiger partial charge is 0.241 e. The molecule has 12 heavy (non-hydrogen) atoms. The van der Waals surface area contributed by atoms with Crippen LogP contribution in [0.1, 0.15) is 13.8 Å². The Kier molecular flexibility index (Phi) is 3.07. The van der Waals surface area contributed by atoms with Gasteiger partial charge in [0.05, 0.1) is 12.4 Å². The molecule has 0 aliphatic rings. The Balaban J connectivity index is 2.85. The molecule has 0 fully saturated rings. The van der Waals surface area contributed by atoms with Crippen LogP contribution in [0.25, 0.3) is 0 Å². The highest BCUT2D eigenvalue weighted by atomic mass is 15.0. The summed E-state index contributed by atoms with van der Waals surface area (Å²) >= 11 is 0. The van der Waals surface area contributed by atoms with E-state index in [4.69, 9.17) is 0 Å². The first kappa shape index (κ1) is 8.52. The average Bonchev–Trinajstić information content (AvgIpc) is 2.09. The van der Waals surface area contributed by atoms with Gasteiger partial charge in [0, 0.05) is 12.4 Å². The highest BCUT2D eigenvalue weighted by Gasteiger charge is 1.90. The molecule has 0 N–H and O–H groups in total. The fraction of sp³-hybridized carbons (Fsp3) is 0.250. The van der Waals surface area contributed by atoms with Gasteiger partial charge in [-0.1, -0.05) is 0 Å². The monoisotopic (exact) mass is 162 g/mol. The molecular weight excluding hydrogens is 152 g/mol. The van der Waals surface area contributed by atoms with E-state index in [1.807, 2.05) is 13.8 Å². The molecule has 0 saturated heterocycles. The highest BCUT2D eigenvalue weighted by molar-refractivity contribution is 5.59. The molecule has 0 aromatic carbocycles. The molecule has 62 valence electrons. The molecule has 4 heteroatoms. The third-order valence-electron chi connectivity index (χ3n) is 1.15. The smallest absolute Gasteiger partial charge is 0.170 e. The van der Waals surface area contributed by atoms with Gasteiger partial charge in [0.2, 0.25) is 0 Å². The normalized spacial score (nSPS) is 11.5. The van der Waals surface area contributed by atoms with Crippen molar-refractivity contribution in [2.45, 2.75) is 13.8 Å². The van der Waals surface area contributed by atoms with Crippen molar-refractivity contribution < 1.29 is 0 Å². The van der Waals surface area contributed by atoms with Crippen LogP contribution in [-0.2, 0) is 0 Å². The van der Waals surface area contributed by atoms with Crippen LogP contribution in [0.15, 0.2) is 22.4 Å². The molecule has 0 aliphatic carbocycles. The van der Waals surface area contributed by atoms with Gasteiger partial charge >= 0.3 is 0 Å². The zero-order valence-corrected chi connectivity index (χ0v) is 7.10. The zero-order chi connectivity index (χ0) is 8.81. The number of hydrogen-bond acceptors (Lipinski definition) is 4. The number of aromatic nitrogens is 2. The first-order chi connectivity index (χ1) is 5.86. The summed E-state index contributed by atoms with van der Waals surface area (Å²) in [6.45, 7) is 3.67. The maximum Gasteiger partial charge on any atom is 0.170 e. The van der Waals surface area contributed by atoms with E-state index < -0.39 is 0 Å². The molecule has 0 atom stereocenters. The molecule has 1 aromatic heterocycles. The molecule has 0 aliphatic heterocycles. The van der Waals surface area contributed by atoms with Gasteiger partial charge in [-0.05, 0) is 13.8 Å². The lowest BCUT2D eigenvalue weighted by molar-refractivity contribution is 1.16. The van der Waals surface area contributed by atoms with Gasteiger partial charge in [-0.2, -0.15) is 0 Å². The Bertz CT molecular complexity index is 255. The second-order valence-electron chi connectivity index (χ2n) is 2.01. The SMILES string of the molecule is CC=Nc1cnc(N=CC)cn1. The predicted molar refractivity (Wildman–Crippen MR) is 49.7 cm³/mol. The molecule has 1 aromatic rings. The van der Waals surface area contributed by atoms with E-state index in [2.05, 4.69) is 20.0 Å². The van der Waals surface area contributed by atoms with Crippen LogP contribution in [-0.4, -0.2) is 22.4 Å². The van der Waals surface area contributed by atoms with Gasteiger partial charge in [0.25, 0.3) is 0 Å². The number of nitrogens with zero attached hydrogens (tertiary/aromatic N) is 4. The van der Waals surface area contributed by atoms with Crippen molar-refractivity contribution >= 4 is 24.1 Å². The molecule has 0 amide bonds. The van der Waals surface area contributed by atoms with Crippen LogP contribution in [0.4, 0.5) is 11.6 Å². The predicted octanol–water partition coefficient (Wildman–Crippen LogP) is 1.92. The van der Waals surface area contributed by atoms with Crippen molar-refractivity contribution in [2.75, 3.05) is 0 Å². The van der Waals surface area contributed by atoms with Crippen molar-refractivity contribution in [3.63, 3.8) is 0 Å². The molecule has 0 unspecified atom stereocenters. The van der Waals surface area contributed by atoms with Crippen molar-refractivity contribution in [1.29, 1.82) is 0 Å². The van der Waals surface area contributed by atoms with Gasteiger partial charge in [-0.3, -0.25) is 0 Å². The fourth-order valence-electron chi connectivity index (χ4n) is 0.712. The summed E-state index contributed by atoms with van der Waals surface area (Å²) in [5.74, 6) is 1.21. The molecule has 0 radical (unpaired) electrons. The summed E-state index contributed by atoms with van der Waals surface area (Å²) in [5.41, 5.74) is 0. The van der Waals surface area contributed by atoms with E-state index in [0.29, 0.717) is 11.6 Å². The Hall–Kier alpha value is -1.58. The van der Waals surface area contributed by atoms with Crippen LogP contribution in [0.5, 0.6) is 0 Å². The van der Waals surface area contributed by atoms with Crippen LogP contribution >= 0.6 is 0 Å². The maximum absolute atomic E-state index is 4.01. The van der Waals surface area contributed by atoms with E-state index in [1.165, 1.54) is 0 Å². The second-order valence-corrected chi connectivity index (χ2v) is 2.01. The lowest BCUT2D eigenvalue weighted by Crippen LogP contribution is -1.78. The molecule has 0 bridgehead atoms. The van der Waals surface area contributed by atoms with Gasteiger partial charge in [0.1, 0.15) is 0 Å². The van der Waals surface area contributed by atoms with Crippen molar-refractivity contribution in [1.82, 2.24) is 9.97 Å². The van der Waals surface area contributed by atoms with E-state index >= 15 is 0 Å². The Morgan fingerprint density at radius 3 is 1.67 bits per heavy atom. The first-order valence-electron chi connectivity index (χ1n) is 3.66. The minimum atomic E-state index is 0.604. The van der Waals surface area contributed by atoms with E-state index in [9.17, 15) is 0 Å². The summed E-state index contributed by atoms with van der Waals surface area (Å²) in [5, 5.41) is 0. The quantitative estimate of drug-likeness (QED) is 0.624. The topological polar surface area (TPSA) is 50.5 Å². The Morgan fingerprint density at radius 1 is 1.00 bits per heavy atom. The molecule has 4 nitrogen and oxygen atoms in total. The van der Waals surface area contributed by atoms with Crippen LogP contribution in [0.3, 0.4) is 0 Å². The number of hydrogen-bond donors (Lipinski definition) is 0. The lowest BCUT2D eigenvalue weighted by atomic mass is 10.6. The lowest BCUT2D eigenvalue weighted by Gasteiger charge is -1.91. The molecule has 1 heterocycles.